The maximum absolute atomic E-state index is 5.79. The summed E-state index contributed by atoms with van der Waals surface area (Å²) in [5.41, 5.74) is 1.63. The summed E-state index contributed by atoms with van der Waals surface area (Å²) < 4.78 is 6.99. The highest BCUT2D eigenvalue weighted by molar-refractivity contribution is 14.0. The summed E-state index contributed by atoms with van der Waals surface area (Å²) in [6.45, 7) is 4.47. The number of aliphatic imine (C=N–C) groups is 1. The molecule has 140 valence electrons. The molecule has 7 heteroatoms. The molecular weight excluding hydrogens is 495 g/mol. The molecule has 2 N–H and O–H groups in total. The number of nitrogens with zero attached hydrogens (tertiary/aromatic N) is 2. The molecule has 0 bridgehead atoms. The smallest absolute Gasteiger partial charge is 0.191 e. The highest BCUT2D eigenvalue weighted by atomic mass is 127. The van der Waals surface area contributed by atoms with Gasteiger partial charge in [-0.2, -0.15) is 0 Å². The molecule has 25 heavy (non-hydrogen) atoms. The lowest BCUT2D eigenvalue weighted by atomic mass is 9.96. The molecule has 1 atom stereocenters. The Balaban J connectivity index is 0.00000225. The lowest BCUT2D eigenvalue weighted by molar-refractivity contribution is -0.0161. The van der Waals surface area contributed by atoms with Gasteiger partial charge in [-0.05, 0) is 31.5 Å². The van der Waals surface area contributed by atoms with Crippen molar-refractivity contribution in [3.8, 4) is 0 Å². The van der Waals surface area contributed by atoms with Crippen molar-refractivity contribution < 1.29 is 4.74 Å². The van der Waals surface area contributed by atoms with Crippen LogP contribution in [-0.4, -0.2) is 63.8 Å². The summed E-state index contributed by atoms with van der Waals surface area (Å²) in [5.74, 6) is 0.852. The summed E-state index contributed by atoms with van der Waals surface area (Å²) in [4.78, 5) is 6.66. The van der Waals surface area contributed by atoms with Crippen molar-refractivity contribution in [3.63, 3.8) is 0 Å². The lowest BCUT2D eigenvalue weighted by Gasteiger charge is -2.30. The van der Waals surface area contributed by atoms with Crippen molar-refractivity contribution in [1.82, 2.24) is 15.5 Å². The minimum atomic E-state index is 0. The van der Waals surface area contributed by atoms with Crippen LogP contribution in [-0.2, 0) is 10.2 Å². The number of hydrogen-bond acceptors (Lipinski definition) is 3. The Hall–Kier alpha value is -0.380. The van der Waals surface area contributed by atoms with Gasteiger partial charge in [0.25, 0.3) is 0 Å². The van der Waals surface area contributed by atoms with Crippen LogP contribution in [0.4, 0.5) is 0 Å². The fourth-order valence-corrected chi connectivity index (χ4v) is 3.96. The zero-order chi connectivity index (χ0) is 17.0. The van der Waals surface area contributed by atoms with Crippen molar-refractivity contribution in [2.75, 3.05) is 46.9 Å². The van der Waals surface area contributed by atoms with Gasteiger partial charge < -0.3 is 20.3 Å². The zero-order valence-corrected chi connectivity index (χ0v) is 18.8. The predicted octanol–water partition coefficient (Wildman–Crippen LogP) is 2.59. The number of morpholine rings is 1. The number of rotatable bonds is 5. The number of ether oxygens (including phenoxy) is 1. The van der Waals surface area contributed by atoms with E-state index in [0.717, 1.165) is 38.7 Å². The second-order valence-electron chi connectivity index (χ2n) is 6.82. The molecule has 0 amide bonds. The zero-order valence-electron chi connectivity index (χ0n) is 14.9. The Labute approximate surface area is 176 Å². The predicted molar refractivity (Wildman–Crippen MR) is 117 cm³/mol. The second kappa shape index (κ2) is 9.53. The summed E-state index contributed by atoms with van der Waals surface area (Å²) >= 11 is 3.69. The van der Waals surface area contributed by atoms with E-state index in [1.807, 2.05) is 7.05 Å². The molecule has 1 saturated heterocycles. The minimum Gasteiger partial charge on any atom is -0.374 e. The first kappa shape index (κ1) is 20.9. The Morgan fingerprint density at radius 1 is 1.36 bits per heavy atom. The third kappa shape index (κ3) is 5.55. The van der Waals surface area contributed by atoms with Crippen LogP contribution in [0.25, 0.3) is 0 Å². The van der Waals surface area contributed by atoms with Crippen LogP contribution < -0.4 is 10.6 Å². The quantitative estimate of drug-likeness (QED) is 0.354. The van der Waals surface area contributed by atoms with Gasteiger partial charge in [0.05, 0.1) is 12.7 Å². The fraction of sp³-hybridized carbons (Fsp3) is 0.611. The van der Waals surface area contributed by atoms with E-state index in [0.29, 0.717) is 0 Å². The van der Waals surface area contributed by atoms with Gasteiger partial charge in [-0.25, -0.2) is 0 Å². The normalized spacial score (nSPS) is 22.8. The monoisotopic (exact) mass is 522 g/mol. The van der Waals surface area contributed by atoms with Gasteiger partial charge in [0.1, 0.15) is 0 Å². The molecule has 1 aromatic rings. The van der Waals surface area contributed by atoms with Gasteiger partial charge in [0, 0.05) is 43.1 Å². The summed E-state index contributed by atoms with van der Waals surface area (Å²) in [7, 11) is 3.96. The van der Waals surface area contributed by atoms with Gasteiger partial charge in [0.2, 0.25) is 0 Å². The van der Waals surface area contributed by atoms with Crippen LogP contribution in [0.3, 0.4) is 0 Å². The minimum absolute atomic E-state index is 0. The Morgan fingerprint density at radius 3 is 2.76 bits per heavy atom. The highest BCUT2D eigenvalue weighted by Crippen LogP contribution is 2.49. The largest absolute Gasteiger partial charge is 0.374 e. The van der Waals surface area contributed by atoms with E-state index in [-0.39, 0.29) is 35.5 Å². The first-order valence-corrected chi connectivity index (χ1v) is 9.42. The average molecular weight is 523 g/mol. The maximum Gasteiger partial charge on any atom is 0.191 e. The number of benzene rings is 1. The van der Waals surface area contributed by atoms with Crippen molar-refractivity contribution >= 4 is 45.9 Å². The maximum atomic E-state index is 5.79. The van der Waals surface area contributed by atoms with Gasteiger partial charge in [-0.3, -0.25) is 4.99 Å². The van der Waals surface area contributed by atoms with E-state index in [1.165, 1.54) is 22.9 Å². The number of nitrogens with one attached hydrogen (secondary N) is 2. The number of halogens is 2. The van der Waals surface area contributed by atoms with Gasteiger partial charge in [-0.1, -0.05) is 34.1 Å². The van der Waals surface area contributed by atoms with Crippen molar-refractivity contribution in [1.29, 1.82) is 0 Å². The van der Waals surface area contributed by atoms with Gasteiger partial charge >= 0.3 is 0 Å². The van der Waals surface area contributed by atoms with E-state index in [2.05, 4.69) is 67.8 Å². The van der Waals surface area contributed by atoms with Crippen LogP contribution in [0.2, 0.25) is 0 Å². The molecule has 1 aliphatic heterocycles. The summed E-state index contributed by atoms with van der Waals surface area (Å²) in [6, 6.07) is 8.53. The van der Waals surface area contributed by atoms with Crippen LogP contribution in [0.5, 0.6) is 0 Å². The van der Waals surface area contributed by atoms with Crippen LogP contribution in [0.15, 0.2) is 33.7 Å². The third-order valence-corrected chi connectivity index (χ3v) is 5.65. The van der Waals surface area contributed by atoms with Crippen LogP contribution in [0, 0.1) is 0 Å². The van der Waals surface area contributed by atoms with E-state index in [4.69, 9.17) is 4.74 Å². The first-order valence-electron chi connectivity index (χ1n) is 8.63. The molecule has 1 saturated carbocycles. The Morgan fingerprint density at radius 2 is 2.12 bits per heavy atom. The number of hydrogen-bond donors (Lipinski definition) is 2. The van der Waals surface area contributed by atoms with Crippen molar-refractivity contribution in [2.45, 2.75) is 24.4 Å². The van der Waals surface area contributed by atoms with Crippen LogP contribution >= 0.6 is 39.9 Å². The third-order valence-electron chi connectivity index (χ3n) is 4.96. The molecule has 0 radical (unpaired) electrons. The van der Waals surface area contributed by atoms with E-state index in [9.17, 15) is 0 Å². The molecule has 1 aromatic carbocycles. The van der Waals surface area contributed by atoms with Crippen molar-refractivity contribution in [3.05, 3.63) is 34.3 Å². The van der Waals surface area contributed by atoms with E-state index in [1.54, 1.807) is 0 Å². The van der Waals surface area contributed by atoms with Gasteiger partial charge in [-0.15, -0.1) is 24.0 Å². The molecule has 3 rings (SSSR count). The molecule has 2 fully saturated rings. The number of guanidine groups is 1. The van der Waals surface area contributed by atoms with Crippen LogP contribution in [0.1, 0.15) is 18.4 Å². The fourth-order valence-electron chi connectivity index (χ4n) is 3.26. The van der Waals surface area contributed by atoms with Crippen molar-refractivity contribution in [2.24, 2.45) is 4.99 Å². The molecule has 0 spiro atoms. The first-order chi connectivity index (χ1) is 11.6. The Bertz CT molecular complexity index is 594. The topological polar surface area (TPSA) is 48.9 Å². The summed E-state index contributed by atoms with van der Waals surface area (Å²) in [5, 5.41) is 6.90. The molecular formula is C18H28BrIN4O. The molecule has 1 heterocycles. The molecule has 1 unspecified atom stereocenters. The second-order valence-corrected chi connectivity index (χ2v) is 7.68. The van der Waals surface area contributed by atoms with E-state index < -0.39 is 0 Å². The average Bonchev–Trinajstić information content (AvgIpc) is 3.36. The number of likely N-dealkylation sites (N-methyl/N-ethyl adjacent to an activating group) is 1. The lowest BCUT2D eigenvalue weighted by Crippen LogP contribution is -2.49. The highest BCUT2D eigenvalue weighted by Gasteiger charge is 2.45. The van der Waals surface area contributed by atoms with Gasteiger partial charge in [0.15, 0.2) is 5.96 Å². The standard InChI is InChI=1S/C18H27BrN4O.HI/c1-20-17(21-11-14-12-23(2)9-10-24-14)22-13-18(7-8-18)15-5-3-4-6-16(15)19;/h3-6,14H,7-13H2,1-2H3,(H2,20,21,22);1H. The molecule has 5 nitrogen and oxygen atoms in total. The van der Waals surface area contributed by atoms with E-state index >= 15 is 0 Å². The SMILES string of the molecule is CN=C(NCC1CN(C)CCO1)NCC1(c2ccccc2Br)CC1.I. The molecule has 0 aromatic heterocycles. The summed E-state index contributed by atoms with van der Waals surface area (Å²) in [6.07, 6.45) is 2.66. The molecule has 1 aliphatic carbocycles. The Kier molecular flexibility index (Phi) is 7.97. The molecule has 2 aliphatic rings.